The Morgan fingerprint density at radius 1 is 1.05 bits per heavy atom. The Labute approximate surface area is 212 Å². The lowest BCUT2D eigenvalue weighted by molar-refractivity contribution is -0.148. The minimum atomic E-state index is -1.03. The van der Waals surface area contributed by atoms with Gasteiger partial charge in [-0.2, -0.15) is 5.26 Å². The smallest absolute Gasteiger partial charge is 0.341 e. The number of benzene rings is 3. The molecule has 0 saturated heterocycles. The summed E-state index contributed by atoms with van der Waals surface area (Å²) in [6.45, 7) is -0.225. The van der Waals surface area contributed by atoms with E-state index in [9.17, 15) is 18.4 Å². The van der Waals surface area contributed by atoms with Crippen LogP contribution in [0.25, 0.3) is 0 Å². The van der Waals surface area contributed by atoms with Crippen molar-refractivity contribution in [2.45, 2.75) is 25.5 Å². The zero-order valence-electron chi connectivity index (χ0n) is 19.9. The number of aliphatic imine (C=N–C) groups is 1. The highest BCUT2D eigenvalue weighted by Crippen LogP contribution is 2.31. The fourth-order valence-corrected chi connectivity index (χ4v) is 4.19. The molecule has 2 atom stereocenters. The van der Waals surface area contributed by atoms with E-state index in [2.05, 4.69) is 10.3 Å². The maximum atomic E-state index is 14.0. The summed E-state index contributed by atoms with van der Waals surface area (Å²) in [6, 6.07) is 17.0. The quantitative estimate of drug-likeness (QED) is 0.434. The number of methoxy groups -OCH3 is 1. The molecule has 1 aliphatic heterocycles. The first-order valence-corrected chi connectivity index (χ1v) is 11.5. The van der Waals surface area contributed by atoms with Crippen molar-refractivity contribution in [1.29, 1.82) is 5.26 Å². The second kappa shape index (κ2) is 11.4. The van der Waals surface area contributed by atoms with Crippen molar-refractivity contribution in [2.75, 3.05) is 7.11 Å². The van der Waals surface area contributed by atoms with E-state index in [4.69, 9.17) is 14.7 Å². The zero-order valence-corrected chi connectivity index (χ0v) is 19.9. The van der Waals surface area contributed by atoms with Gasteiger partial charge in [-0.15, -0.1) is 0 Å². The molecule has 2 unspecified atom stereocenters. The molecule has 7 nitrogen and oxygen atoms in total. The lowest BCUT2D eigenvalue weighted by Crippen LogP contribution is -2.45. The van der Waals surface area contributed by atoms with Crippen LogP contribution >= 0.6 is 0 Å². The molecule has 0 radical (unpaired) electrons. The molecule has 3 aromatic rings. The van der Waals surface area contributed by atoms with Gasteiger partial charge >= 0.3 is 12.0 Å². The Kier molecular flexibility index (Phi) is 7.89. The van der Waals surface area contributed by atoms with Gasteiger partial charge in [0.15, 0.2) is 0 Å². The standard InChI is InChI=1S/C28H23F2N3O4/c1-36-22-7-2-4-17(13-22)9-11-24-25(26(33-28(35)32-24)19-5-3-6-21(29)14-19)27(34)37-16-18-8-10-23(30)20(12-18)15-31/h2-8,10,12-14,25-26H,9,11,16H2,1H3,(H,33,35). The number of hydrogen-bond donors (Lipinski definition) is 1. The molecule has 0 spiro atoms. The Balaban J connectivity index is 1.61. The predicted octanol–water partition coefficient (Wildman–Crippen LogP) is 5.04. The van der Waals surface area contributed by atoms with Gasteiger partial charge in [0.25, 0.3) is 0 Å². The fraction of sp³-hybridized carbons (Fsp3) is 0.214. The molecule has 0 bridgehead atoms. The van der Waals surface area contributed by atoms with Crippen LogP contribution in [0.2, 0.25) is 0 Å². The van der Waals surface area contributed by atoms with Gasteiger partial charge in [0.05, 0.1) is 18.7 Å². The van der Waals surface area contributed by atoms with E-state index in [0.717, 1.165) is 11.6 Å². The van der Waals surface area contributed by atoms with E-state index >= 15 is 0 Å². The number of nitriles is 1. The molecule has 37 heavy (non-hydrogen) atoms. The fourth-order valence-electron chi connectivity index (χ4n) is 4.19. The number of hydrogen-bond acceptors (Lipinski definition) is 5. The van der Waals surface area contributed by atoms with Gasteiger partial charge in [-0.3, -0.25) is 4.79 Å². The van der Waals surface area contributed by atoms with Crippen LogP contribution in [0.4, 0.5) is 13.6 Å². The predicted molar refractivity (Wildman–Crippen MR) is 131 cm³/mol. The molecule has 188 valence electrons. The first kappa shape index (κ1) is 25.5. The van der Waals surface area contributed by atoms with Crippen molar-refractivity contribution in [1.82, 2.24) is 5.32 Å². The number of aryl methyl sites for hydroxylation is 1. The summed E-state index contributed by atoms with van der Waals surface area (Å²) in [5, 5.41) is 11.7. The number of nitrogens with zero attached hydrogens (tertiary/aromatic N) is 2. The first-order valence-electron chi connectivity index (χ1n) is 11.5. The molecule has 0 fully saturated rings. The highest BCUT2D eigenvalue weighted by atomic mass is 19.1. The van der Waals surface area contributed by atoms with Crippen LogP contribution in [0, 0.1) is 28.9 Å². The average Bonchev–Trinajstić information content (AvgIpc) is 2.91. The van der Waals surface area contributed by atoms with Crippen molar-refractivity contribution in [3.8, 4) is 11.8 Å². The van der Waals surface area contributed by atoms with Crippen molar-refractivity contribution < 1.29 is 27.8 Å². The number of esters is 1. The molecule has 1 heterocycles. The van der Waals surface area contributed by atoms with Gasteiger partial charge in [0.1, 0.15) is 36.0 Å². The Hall–Kier alpha value is -4.58. The van der Waals surface area contributed by atoms with E-state index in [1.807, 2.05) is 24.3 Å². The number of urea groups is 1. The van der Waals surface area contributed by atoms with Crippen LogP contribution in [0.1, 0.15) is 34.7 Å². The van der Waals surface area contributed by atoms with Gasteiger partial charge in [-0.1, -0.05) is 30.3 Å². The van der Waals surface area contributed by atoms with Crippen LogP contribution in [0.15, 0.2) is 71.7 Å². The normalized spacial score (nSPS) is 16.8. The zero-order chi connectivity index (χ0) is 26.4. The lowest BCUT2D eigenvalue weighted by atomic mass is 9.85. The van der Waals surface area contributed by atoms with Crippen LogP contribution in [-0.4, -0.2) is 24.8 Å². The second-order valence-electron chi connectivity index (χ2n) is 8.45. The maximum Gasteiger partial charge on any atom is 0.341 e. The number of carbonyl (C=O) groups excluding carboxylic acids is 2. The molecule has 1 N–H and O–H groups in total. The van der Waals surface area contributed by atoms with Crippen molar-refractivity contribution >= 4 is 17.7 Å². The largest absolute Gasteiger partial charge is 0.497 e. The molecule has 0 aromatic heterocycles. The Bertz CT molecular complexity index is 1400. The summed E-state index contributed by atoms with van der Waals surface area (Å²) < 4.78 is 38.5. The maximum absolute atomic E-state index is 14.0. The van der Waals surface area contributed by atoms with Crippen molar-refractivity contribution in [3.63, 3.8) is 0 Å². The SMILES string of the molecule is COc1cccc(CCC2=NC(=O)NC(c3cccc(F)c3)C2C(=O)OCc2ccc(F)c(C#N)c2)c1. The van der Waals surface area contributed by atoms with Crippen molar-refractivity contribution in [2.24, 2.45) is 10.9 Å². The van der Waals surface area contributed by atoms with E-state index < -0.39 is 35.6 Å². The highest BCUT2D eigenvalue weighted by Gasteiger charge is 2.39. The van der Waals surface area contributed by atoms with Crippen LogP contribution in [0.3, 0.4) is 0 Å². The number of halogens is 2. The van der Waals surface area contributed by atoms with E-state index in [1.165, 1.54) is 30.3 Å². The molecular weight excluding hydrogens is 480 g/mol. The van der Waals surface area contributed by atoms with Crippen molar-refractivity contribution in [3.05, 3.63) is 101 Å². The number of rotatable bonds is 8. The number of ether oxygens (including phenoxy) is 2. The molecular formula is C28H23F2N3O4. The third-order valence-corrected chi connectivity index (χ3v) is 6.01. The van der Waals surface area contributed by atoms with Crippen LogP contribution in [-0.2, 0) is 22.6 Å². The minimum Gasteiger partial charge on any atom is -0.497 e. The first-order chi connectivity index (χ1) is 17.9. The summed E-state index contributed by atoms with van der Waals surface area (Å²) in [5.74, 6) is -2.24. The molecule has 0 aliphatic carbocycles. The molecule has 4 rings (SSSR count). The molecule has 3 aromatic carbocycles. The molecule has 2 amide bonds. The molecule has 1 aliphatic rings. The summed E-state index contributed by atoms with van der Waals surface area (Å²) in [4.78, 5) is 29.9. The average molecular weight is 504 g/mol. The highest BCUT2D eigenvalue weighted by molar-refractivity contribution is 6.09. The van der Waals surface area contributed by atoms with Crippen LogP contribution < -0.4 is 10.1 Å². The van der Waals surface area contributed by atoms with E-state index in [-0.39, 0.29) is 18.6 Å². The monoisotopic (exact) mass is 503 g/mol. The van der Waals surface area contributed by atoms with Gasteiger partial charge < -0.3 is 14.8 Å². The number of nitrogens with one attached hydrogen (secondary N) is 1. The summed E-state index contributed by atoms with van der Waals surface area (Å²) >= 11 is 0. The Morgan fingerprint density at radius 2 is 1.86 bits per heavy atom. The van der Waals surface area contributed by atoms with Gasteiger partial charge in [-0.05, 0) is 65.9 Å². The van der Waals surface area contributed by atoms with Gasteiger partial charge in [-0.25, -0.2) is 18.6 Å². The number of amides is 2. The molecule has 0 saturated carbocycles. The third kappa shape index (κ3) is 6.16. The molecule has 9 heteroatoms. The Morgan fingerprint density at radius 3 is 2.62 bits per heavy atom. The summed E-state index contributed by atoms with van der Waals surface area (Å²) in [6.07, 6.45) is 0.730. The summed E-state index contributed by atoms with van der Waals surface area (Å²) in [7, 11) is 1.56. The lowest BCUT2D eigenvalue weighted by Gasteiger charge is -2.31. The van der Waals surface area contributed by atoms with E-state index in [1.54, 1.807) is 19.2 Å². The van der Waals surface area contributed by atoms with E-state index in [0.29, 0.717) is 29.0 Å². The third-order valence-electron chi connectivity index (χ3n) is 6.01. The van der Waals surface area contributed by atoms with Gasteiger partial charge in [0.2, 0.25) is 0 Å². The minimum absolute atomic E-state index is 0.170. The second-order valence-corrected chi connectivity index (χ2v) is 8.45. The van der Waals surface area contributed by atoms with Gasteiger partial charge in [0, 0.05) is 5.71 Å². The van der Waals surface area contributed by atoms with Crippen LogP contribution in [0.5, 0.6) is 5.75 Å². The summed E-state index contributed by atoms with van der Waals surface area (Å²) in [5.41, 5.74) is 1.85. The topological polar surface area (TPSA) is 101 Å². The number of carbonyl (C=O) groups is 2.